The fourth-order valence-electron chi connectivity index (χ4n) is 5.75. The summed E-state index contributed by atoms with van der Waals surface area (Å²) in [5.41, 5.74) is 1.42. The number of likely N-dealkylation sites (N-methyl/N-ethyl adjacent to an activating group) is 1. The molecule has 4 rings (SSSR count). The number of aliphatic hydroxyl groups excluding tert-OH is 2. The number of anilines is 1. The van der Waals surface area contributed by atoms with Crippen molar-refractivity contribution >= 4 is 40.8 Å². The van der Waals surface area contributed by atoms with Gasteiger partial charge in [-0.1, -0.05) is 6.07 Å². The minimum Gasteiger partial charge on any atom is -0.508 e. The van der Waals surface area contributed by atoms with Gasteiger partial charge in [-0.3, -0.25) is 28.9 Å². The smallest absolute Gasteiger partial charge is 0.303 e. The van der Waals surface area contributed by atoms with Gasteiger partial charge in [-0.2, -0.15) is 0 Å². The maximum Gasteiger partial charge on any atom is 0.303 e. The van der Waals surface area contributed by atoms with Gasteiger partial charge in [-0.25, -0.2) is 0 Å². The number of Topliss-reactive ketones (excluding diaryl/α,β-unsaturated/α-hetero) is 2. The van der Waals surface area contributed by atoms with Gasteiger partial charge in [0, 0.05) is 17.9 Å². The highest BCUT2D eigenvalue weighted by molar-refractivity contribution is 6.24. The number of carboxylic acids is 1. The van der Waals surface area contributed by atoms with Crippen molar-refractivity contribution in [1.29, 1.82) is 0 Å². The van der Waals surface area contributed by atoms with Crippen LogP contribution in [0.15, 0.2) is 29.0 Å². The summed E-state index contributed by atoms with van der Waals surface area (Å²) < 4.78 is 0. The zero-order chi connectivity index (χ0) is 28.3. The molecule has 1 fully saturated rings. The van der Waals surface area contributed by atoms with Crippen molar-refractivity contribution in [3.8, 4) is 5.75 Å². The molecule has 0 aromatic heterocycles. The lowest BCUT2D eigenvalue weighted by atomic mass is 9.57. The van der Waals surface area contributed by atoms with E-state index in [9.17, 15) is 44.4 Å². The van der Waals surface area contributed by atoms with Crippen LogP contribution in [0.3, 0.4) is 0 Å². The van der Waals surface area contributed by atoms with Gasteiger partial charge < -0.3 is 36.6 Å². The molecule has 0 unspecified atom stereocenters. The Hall–Kier alpha value is -4.23. The number of aliphatic carboxylic acids is 1. The standard InChI is InChI=1S/C25H27N3O10/c1-28(2)18-11-8-10-7-9-3-4-12(27-13(29)5-6-14(30)31)19(32)15(9)20(33)16(10)22(35)25(11,38)23(36)17(21(18)34)24(26)37/h3-4,10-11,18,32-33,36,38H,5-8H2,1-2H3,(H2,26,37)(H,27,29)(H,30,31)/t10-,11-,18-,25-/m0/s1. The number of ketones is 2. The van der Waals surface area contributed by atoms with E-state index < -0.39 is 82.1 Å². The zero-order valence-corrected chi connectivity index (χ0v) is 20.5. The summed E-state index contributed by atoms with van der Waals surface area (Å²) in [6.07, 6.45) is -0.744. The van der Waals surface area contributed by atoms with Crippen LogP contribution in [-0.2, 0) is 30.4 Å². The van der Waals surface area contributed by atoms with Gasteiger partial charge in [0.2, 0.25) is 11.7 Å². The number of nitrogens with two attached hydrogens (primary N) is 1. The Bertz CT molecular complexity index is 1360. The maximum atomic E-state index is 13.8. The predicted octanol–water partition coefficient (Wildman–Crippen LogP) is -0.233. The normalized spacial score (nSPS) is 26.6. The second-order valence-corrected chi connectivity index (χ2v) is 9.90. The first-order chi connectivity index (χ1) is 17.7. The molecular formula is C25H27N3O10. The summed E-state index contributed by atoms with van der Waals surface area (Å²) >= 11 is 0. The average molecular weight is 530 g/mol. The molecule has 38 heavy (non-hydrogen) atoms. The van der Waals surface area contributed by atoms with E-state index in [0.717, 1.165) is 0 Å². The molecule has 1 aromatic rings. The molecule has 202 valence electrons. The Balaban J connectivity index is 1.82. The molecule has 13 nitrogen and oxygen atoms in total. The third kappa shape index (κ3) is 3.90. The van der Waals surface area contributed by atoms with Gasteiger partial charge in [0.25, 0.3) is 5.91 Å². The third-order valence-electron chi connectivity index (χ3n) is 7.43. The molecule has 0 radical (unpaired) electrons. The van der Waals surface area contributed by atoms with Crippen molar-refractivity contribution in [3.63, 3.8) is 0 Å². The van der Waals surface area contributed by atoms with Crippen LogP contribution >= 0.6 is 0 Å². The third-order valence-corrected chi connectivity index (χ3v) is 7.43. The number of amides is 2. The second-order valence-electron chi connectivity index (χ2n) is 9.90. The summed E-state index contributed by atoms with van der Waals surface area (Å²) in [5, 5.41) is 55.5. The van der Waals surface area contributed by atoms with Crippen molar-refractivity contribution < 1.29 is 49.5 Å². The lowest BCUT2D eigenvalue weighted by molar-refractivity contribution is -0.153. The molecular weight excluding hydrogens is 502 g/mol. The molecule has 2 amide bonds. The molecule has 3 aliphatic rings. The van der Waals surface area contributed by atoms with E-state index in [1.807, 2.05) is 0 Å². The van der Waals surface area contributed by atoms with Crippen LogP contribution in [-0.4, -0.2) is 85.5 Å². The van der Waals surface area contributed by atoms with Crippen LogP contribution in [0, 0.1) is 11.8 Å². The Kier molecular flexibility index (Phi) is 6.54. The molecule has 0 bridgehead atoms. The number of carbonyl (C=O) groups excluding carboxylic acids is 4. The Labute approximate surface area is 215 Å². The lowest BCUT2D eigenvalue weighted by Gasteiger charge is -2.50. The number of hydrogen-bond acceptors (Lipinski definition) is 10. The minimum atomic E-state index is -2.75. The maximum absolute atomic E-state index is 13.8. The van der Waals surface area contributed by atoms with Crippen LogP contribution in [0.25, 0.3) is 5.76 Å². The second kappa shape index (κ2) is 9.26. The summed E-state index contributed by atoms with van der Waals surface area (Å²) in [6, 6.07) is 1.70. The van der Waals surface area contributed by atoms with Crippen molar-refractivity contribution in [2.75, 3.05) is 19.4 Å². The van der Waals surface area contributed by atoms with Crippen molar-refractivity contribution in [3.05, 3.63) is 40.2 Å². The summed E-state index contributed by atoms with van der Waals surface area (Å²) in [5.74, 6) is -9.55. The van der Waals surface area contributed by atoms with Crippen molar-refractivity contribution in [1.82, 2.24) is 4.90 Å². The highest BCUT2D eigenvalue weighted by Gasteiger charge is 2.64. The molecule has 0 saturated heterocycles. The van der Waals surface area contributed by atoms with Crippen LogP contribution < -0.4 is 11.1 Å². The Morgan fingerprint density at radius 2 is 1.79 bits per heavy atom. The predicted molar refractivity (Wildman–Crippen MR) is 130 cm³/mol. The number of primary amides is 1. The molecule has 0 spiro atoms. The van der Waals surface area contributed by atoms with Crippen molar-refractivity contribution in [2.24, 2.45) is 17.6 Å². The topological polar surface area (TPSA) is 228 Å². The molecule has 1 aromatic carbocycles. The number of hydrogen-bond donors (Lipinski definition) is 7. The first kappa shape index (κ1) is 26.8. The number of benzene rings is 1. The molecule has 1 saturated carbocycles. The van der Waals surface area contributed by atoms with Gasteiger partial charge in [-0.05, 0) is 44.5 Å². The van der Waals surface area contributed by atoms with E-state index in [1.54, 1.807) is 0 Å². The largest absolute Gasteiger partial charge is 0.508 e. The molecule has 0 heterocycles. The Morgan fingerprint density at radius 1 is 1.13 bits per heavy atom. The van der Waals surface area contributed by atoms with E-state index in [4.69, 9.17) is 10.8 Å². The first-order valence-electron chi connectivity index (χ1n) is 11.7. The number of phenolic OH excluding ortho intramolecular Hbond substituents is 1. The average Bonchev–Trinajstić information content (AvgIpc) is 2.81. The van der Waals surface area contributed by atoms with Gasteiger partial charge in [-0.15, -0.1) is 0 Å². The number of rotatable bonds is 6. The number of nitrogens with one attached hydrogen (secondary N) is 1. The zero-order valence-electron chi connectivity index (χ0n) is 20.5. The SMILES string of the molecule is CN(C)[C@@H]1C(=O)C(C(N)=O)=C(O)[C@@]2(O)C(=O)C3=C(O)c4c(ccc(NC(=O)CCC(=O)O)c4O)C[C@H]3C[C@@H]12. The number of carbonyl (C=O) groups is 5. The van der Waals surface area contributed by atoms with Gasteiger partial charge in [0.15, 0.2) is 11.4 Å². The van der Waals surface area contributed by atoms with Crippen LogP contribution in [0.2, 0.25) is 0 Å². The highest BCUT2D eigenvalue weighted by atomic mass is 16.4. The lowest BCUT2D eigenvalue weighted by Crippen LogP contribution is -2.65. The van der Waals surface area contributed by atoms with Gasteiger partial charge in [0.05, 0.1) is 23.7 Å². The molecule has 4 atom stereocenters. The van der Waals surface area contributed by atoms with E-state index in [1.165, 1.54) is 31.1 Å². The Morgan fingerprint density at radius 3 is 2.37 bits per heavy atom. The van der Waals surface area contributed by atoms with Gasteiger partial charge in [0.1, 0.15) is 22.8 Å². The number of carboxylic acid groups (broad SMARTS) is 1. The molecule has 0 aliphatic heterocycles. The fraction of sp³-hybridized carbons (Fsp3) is 0.400. The summed E-state index contributed by atoms with van der Waals surface area (Å²) in [4.78, 5) is 63.0. The van der Waals surface area contributed by atoms with E-state index in [0.29, 0.717) is 5.56 Å². The van der Waals surface area contributed by atoms with Gasteiger partial charge >= 0.3 is 5.97 Å². The minimum absolute atomic E-state index is 0.0415. The van der Waals surface area contributed by atoms with E-state index in [2.05, 4.69) is 5.32 Å². The monoisotopic (exact) mass is 529 g/mol. The molecule has 13 heteroatoms. The molecule has 3 aliphatic carbocycles. The number of aromatic hydroxyl groups is 1. The summed E-state index contributed by atoms with van der Waals surface area (Å²) in [6.45, 7) is 0. The quantitative estimate of drug-likeness (QED) is 0.188. The van der Waals surface area contributed by atoms with Crippen LogP contribution in [0.5, 0.6) is 5.75 Å². The number of aliphatic hydroxyl groups is 3. The van der Waals surface area contributed by atoms with Crippen LogP contribution in [0.1, 0.15) is 30.4 Å². The van der Waals surface area contributed by atoms with Crippen molar-refractivity contribution in [2.45, 2.75) is 37.3 Å². The summed E-state index contributed by atoms with van der Waals surface area (Å²) in [7, 11) is 3.02. The number of phenols is 1. The number of nitrogens with zero attached hydrogens (tertiary/aromatic N) is 1. The van der Waals surface area contributed by atoms with E-state index in [-0.39, 0.29) is 36.1 Å². The number of fused-ring (bicyclic) bond motifs is 3. The molecule has 8 N–H and O–H groups in total. The van der Waals surface area contributed by atoms with Crippen LogP contribution in [0.4, 0.5) is 5.69 Å². The first-order valence-corrected chi connectivity index (χ1v) is 11.7. The van der Waals surface area contributed by atoms with E-state index >= 15 is 0 Å². The fourth-order valence-corrected chi connectivity index (χ4v) is 5.75. The highest BCUT2D eigenvalue weighted by Crippen LogP contribution is 2.53.